The summed E-state index contributed by atoms with van der Waals surface area (Å²) < 4.78 is 32.3. The third-order valence-corrected chi connectivity index (χ3v) is 5.83. The van der Waals surface area contributed by atoms with Crippen LogP contribution in [0.4, 0.5) is 11.5 Å². The fourth-order valence-electron chi connectivity index (χ4n) is 4.01. The van der Waals surface area contributed by atoms with E-state index < -0.39 is 15.8 Å². The number of nitrogens with two attached hydrogens (primary N) is 2. The number of nitrogens with one attached hydrogen (secondary N) is 1. The van der Waals surface area contributed by atoms with E-state index in [-0.39, 0.29) is 5.82 Å². The lowest BCUT2D eigenvalue weighted by Gasteiger charge is -2.20. The van der Waals surface area contributed by atoms with Crippen LogP contribution < -0.4 is 15.6 Å². The highest BCUT2D eigenvalue weighted by Crippen LogP contribution is 2.33. The SMILES string of the molecule is COCCc1nc2c(N)nc3cc(-c4cccc(NS(N)(=O)=O)c4)ccc3c2n1CC(C)(C)O. The molecule has 0 aliphatic rings. The monoisotopic (exact) mass is 484 g/mol. The highest BCUT2D eigenvalue weighted by molar-refractivity contribution is 7.90. The first-order chi connectivity index (χ1) is 15.9. The van der Waals surface area contributed by atoms with Crippen molar-refractivity contribution in [2.45, 2.75) is 32.4 Å². The molecule has 0 bridgehead atoms. The lowest BCUT2D eigenvalue weighted by molar-refractivity contribution is 0.0615. The number of aromatic nitrogens is 3. The van der Waals surface area contributed by atoms with Crippen LogP contribution in [0.1, 0.15) is 19.7 Å². The topological polar surface area (TPSA) is 158 Å². The molecule has 0 radical (unpaired) electrons. The van der Waals surface area contributed by atoms with Crippen LogP contribution in [0.25, 0.3) is 33.1 Å². The second kappa shape index (κ2) is 8.84. The molecule has 0 aliphatic heterocycles. The summed E-state index contributed by atoms with van der Waals surface area (Å²) in [5, 5.41) is 16.5. The Hall–Kier alpha value is -3.25. The van der Waals surface area contributed by atoms with Crippen molar-refractivity contribution in [1.82, 2.24) is 14.5 Å². The summed E-state index contributed by atoms with van der Waals surface area (Å²) >= 11 is 0. The number of anilines is 2. The number of rotatable bonds is 8. The molecular weight excluding hydrogens is 456 g/mol. The largest absolute Gasteiger partial charge is 0.389 e. The third-order valence-electron chi connectivity index (χ3n) is 5.31. The lowest BCUT2D eigenvalue weighted by atomic mass is 10.0. The summed E-state index contributed by atoms with van der Waals surface area (Å²) in [5.74, 6) is 1.04. The molecule has 2 aromatic carbocycles. The number of imidazole rings is 1. The highest BCUT2D eigenvalue weighted by Gasteiger charge is 2.22. The molecule has 0 unspecified atom stereocenters. The normalized spacial score (nSPS) is 12.5. The zero-order chi connectivity index (χ0) is 24.7. The van der Waals surface area contributed by atoms with Crippen molar-refractivity contribution < 1.29 is 18.3 Å². The number of nitrogens with zero attached hydrogens (tertiary/aromatic N) is 3. The van der Waals surface area contributed by atoms with Gasteiger partial charge in [0.15, 0.2) is 5.82 Å². The van der Waals surface area contributed by atoms with Gasteiger partial charge >= 0.3 is 0 Å². The molecule has 2 aromatic heterocycles. The third kappa shape index (κ3) is 5.12. The number of nitrogen functional groups attached to an aromatic ring is 1. The van der Waals surface area contributed by atoms with Crippen LogP contribution in [0, 0.1) is 0 Å². The molecule has 0 atom stereocenters. The van der Waals surface area contributed by atoms with E-state index in [2.05, 4.69) is 9.71 Å². The molecule has 0 spiro atoms. The predicted octanol–water partition coefficient (Wildman–Crippen LogP) is 2.41. The van der Waals surface area contributed by atoms with Crippen LogP contribution >= 0.6 is 0 Å². The van der Waals surface area contributed by atoms with Crippen molar-refractivity contribution >= 4 is 43.7 Å². The molecule has 6 N–H and O–H groups in total. The molecular formula is C23H28N6O4S. The number of methoxy groups -OCH3 is 1. The van der Waals surface area contributed by atoms with Crippen LogP contribution in [0.3, 0.4) is 0 Å². The summed E-state index contributed by atoms with van der Waals surface area (Å²) in [5.41, 5.74) is 9.32. The first kappa shape index (κ1) is 23.9. The van der Waals surface area contributed by atoms with Crippen molar-refractivity contribution in [3.8, 4) is 11.1 Å². The molecule has 2 heterocycles. The maximum Gasteiger partial charge on any atom is 0.296 e. The van der Waals surface area contributed by atoms with Gasteiger partial charge < -0.3 is 20.1 Å². The Labute approximate surface area is 197 Å². The Balaban J connectivity index is 1.88. The van der Waals surface area contributed by atoms with Crippen molar-refractivity contribution in [1.29, 1.82) is 0 Å². The number of hydrogen-bond donors (Lipinski definition) is 4. The van der Waals surface area contributed by atoms with Gasteiger partial charge in [0.2, 0.25) is 0 Å². The number of pyridine rings is 1. The minimum absolute atomic E-state index is 0.289. The molecule has 0 saturated heterocycles. The first-order valence-corrected chi connectivity index (χ1v) is 12.2. The predicted molar refractivity (Wildman–Crippen MR) is 133 cm³/mol. The maximum absolute atomic E-state index is 11.4. The molecule has 0 fully saturated rings. The summed E-state index contributed by atoms with van der Waals surface area (Å²) in [4.78, 5) is 9.30. The second-order valence-electron chi connectivity index (χ2n) is 8.82. The first-order valence-electron chi connectivity index (χ1n) is 10.7. The Morgan fingerprint density at radius 2 is 1.88 bits per heavy atom. The van der Waals surface area contributed by atoms with Crippen molar-refractivity contribution in [2.75, 3.05) is 24.2 Å². The number of benzene rings is 2. The van der Waals surface area contributed by atoms with Gasteiger partial charge in [-0.25, -0.2) is 15.1 Å². The number of hydrogen-bond acceptors (Lipinski definition) is 7. The van der Waals surface area contributed by atoms with Crippen molar-refractivity contribution in [3.05, 3.63) is 48.3 Å². The summed E-state index contributed by atoms with van der Waals surface area (Å²) in [6.07, 6.45) is 0.560. The molecule has 180 valence electrons. The highest BCUT2D eigenvalue weighted by atomic mass is 32.2. The number of fused-ring (bicyclic) bond motifs is 3. The van der Waals surface area contributed by atoms with Crippen molar-refractivity contribution in [2.24, 2.45) is 5.14 Å². The Kier molecular flexibility index (Phi) is 6.21. The molecule has 4 rings (SSSR count). The minimum Gasteiger partial charge on any atom is -0.389 e. The van der Waals surface area contributed by atoms with Crippen LogP contribution in [0.5, 0.6) is 0 Å². The van der Waals surface area contributed by atoms with Crippen LogP contribution in [0.2, 0.25) is 0 Å². The zero-order valence-corrected chi connectivity index (χ0v) is 20.1. The average Bonchev–Trinajstić information content (AvgIpc) is 3.08. The molecule has 0 amide bonds. The smallest absolute Gasteiger partial charge is 0.296 e. The summed E-state index contributed by atoms with van der Waals surface area (Å²) in [6, 6.07) is 12.6. The minimum atomic E-state index is -3.88. The molecule has 4 aromatic rings. The standard InChI is InChI=1S/C23H28N6O4S/c1-23(2,30)13-29-19(9-10-33-3)27-20-21(29)17-8-7-15(12-18(17)26-22(20)24)14-5-4-6-16(11-14)28-34(25,31)32/h4-8,11-12,28,30H,9-10,13H2,1-3H3,(H2,24,26)(H2,25,31,32). The maximum atomic E-state index is 11.4. The second-order valence-corrected chi connectivity index (χ2v) is 10.1. The zero-order valence-electron chi connectivity index (χ0n) is 19.2. The van der Waals surface area contributed by atoms with E-state index in [0.717, 1.165) is 27.9 Å². The van der Waals surface area contributed by atoms with E-state index in [9.17, 15) is 13.5 Å². The molecule has 11 heteroatoms. The fourth-order valence-corrected chi connectivity index (χ4v) is 4.46. The van der Waals surface area contributed by atoms with Gasteiger partial charge in [-0.2, -0.15) is 8.42 Å². The molecule has 0 aliphatic carbocycles. The van der Waals surface area contributed by atoms with Gasteiger partial charge in [-0.3, -0.25) is 4.72 Å². The van der Waals surface area contributed by atoms with E-state index in [4.69, 9.17) is 20.6 Å². The quantitative estimate of drug-likeness (QED) is 0.299. The van der Waals surface area contributed by atoms with E-state index in [0.29, 0.717) is 36.3 Å². The average molecular weight is 485 g/mol. The molecule has 10 nitrogen and oxygen atoms in total. The van der Waals surface area contributed by atoms with Crippen LogP contribution in [-0.4, -0.2) is 47.4 Å². The van der Waals surface area contributed by atoms with Crippen LogP contribution in [0.15, 0.2) is 42.5 Å². The lowest BCUT2D eigenvalue weighted by Crippen LogP contribution is -2.27. The number of aliphatic hydroxyl groups is 1. The van der Waals surface area contributed by atoms with E-state index in [1.165, 1.54) is 0 Å². The van der Waals surface area contributed by atoms with E-state index >= 15 is 0 Å². The van der Waals surface area contributed by atoms with E-state index in [1.807, 2.05) is 28.8 Å². The van der Waals surface area contributed by atoms with Gasteiger partial charge in [-0.05, 0) is 43.2 Å². The van der Waals surface area contributed by atoms with Gasteiger partial charge in [-0.1, -0.05) is 24.3 Å². The van der Waals surface area contributed by atoms with Gasteiger partial charge in [0.25, 0.3) is 10.2 Å². The summed E-state index contributed by atoms with van der Waals surface area (Å²) in [7, 11) is -2.25. The fraction of sp³-hybridized carbons (Fsp3) is 0.304. The molecule has 34 heavy (non-hydrogen) atoms. The van der Waals surface area contributed by atoms with Gasteiger partial charge in [0, 0.05) is 18.9 Å². The number of ether oxygens (including phenoxy) is 1. The molecule has 0 saturated carbocycles. The van der Waals surface area contributed by atoms with Gasteiger partial charge in [0.1, 0.15) is 11.3 Å². The Bertz CT molecular complexity index is 1470. The van der Waals surface area contributed by atoms with Gasteiger partial charge in [-0.15, -0.1) is 0 Å². The van der Waals surface area contributed by atoms with Crippen molar-refractivity contribution in [3.63, 3.8) is 0 Å². The van der Waals surface area contributed by atoms with Gasteiger partial charge in [0.05, 0.1) is 35.5 Å². The van der Waals surface area contributed by atoms with E-state index in [1.54, 1.807) is 39.2 Å². The van der Waals surface area contributed by atoms with Crippen LogP contribution in [-0.2, 0) is 27.9 Å². The summed E-state index contributed by atoms with van der Waals surface area (Å²) in [6.45, 7) is 4.29. The Morgan fingerprint density at radius 3 is 2.56 bits per heavy atom. The Morgan fingerprint density at radius 1 is 1.15 bits per heavy atom.